The molecule has 12 nitrogen and oxygen atoms in total. The van der Waals surface area contributed by atoms with Crippen molar-refractivity contribution in [1.29, 1.82) is 0 Å². The molecule has 329 valence electrons. The van der Waals surface area contributed by atoms with E-state index >= 15 is 0 Å². The van der Waals surface area contributed by atoms with Crippen molar-refractivity contribution in [3.05, 3.63) is 87.4 Å². The number of carbonyl (C=O) groups excluding carboxylic acids is 3. The maximum absolute atomic E-state index is 14.3. The molecule has 2 aliphatic carbocycles. The number of carbonyl (C=O) groups is 3. The number of aromatic hydroxyl groups is 1. The summed E-state index contributed by atoms with van der Waals surface area (Å²) in [6.45, 7) is 7.39. The minimum absolute atomic E-state index is 0.0173. The highest BCUT2D eigenvalue weighted by Crippen LogP contribution is 2.65. The minimum Gasteiger partial charge on any atom is -0.504 e. The fraction of sp³-hybridized carbons (Fsp3) is 0.562. The highest BCUT2D eigenvalue weighted by molar-refractivity contribution is 6.38. The zero-order chi connectivity index (χ0) is 43.3. The summed E-state index contributed by atoms with van der Waals surface area (Å²) in [7, 11) is 3.95. The largest absolute Gasteiger partial charge is 0.504 e. The molecule has 0 aromatic heterocycles. The Morgan fingerprint density at radius 2 is 1.74 bits per heavy atom. The lowest BCUT2D eigenvalue weighted by atomic mass is 9.48. The molecule has 5 atom stereocenters. The van der Waals surface area contributed by atoms with Crippen molar-refractivity contribution >= 4 is 42.4 Å². The van der Waals surface area contributed by atoms with Crippen molar-refractivity contribution in [2.24, 2.45) is 17.6 Å². The number of rotatable bonds is 13. The molecule has 2 bridgehead atoms. The number of anilines is 1. The van der Waals surface area contributed by atoms with Gasteiger partial charge in [0.1, 0.15) is 6.10 Å². The van der Waals surface area contributed by atoms with Crippen LogP contribution in [0.5, 0.6) is 11.5 Å². The Morgan fingerprint density at radius 1 is 0.984 bits per heavy atom. The number of phenols is 1. The Balaban J connectivity index is 0.763. The second-order valence-corrected chi connectivity index (χ2v) is 19.4. The molecule has 3 amide bonds. The molecule has 9 rings (SSSR count). The number of piperidine rings is 3. The summed E-state index contributed by atoms with van der Waals surface area (Å²) in [5.41, 5.74) is 9.51. The van der Waals surface area contributed by atoms with E-state index in [1.807, 2.05) is 72.7 Å². The van der Waals surface area contributed by atoms with Gasteiger partial charge < -0.3 is 45.5 Å². The van der Waals surface area contributed by atoms with E-state index in [-0.39, 0.29) is 48.0 Å². The van der Waals surface area contributed by atoms with E-state index in [0.717, 1.165) is 87.1 Å². The van der Waals surface area contributed by atoms with Gasteiger partial charge >= 0.3 is 0 Å². The lowest BCUT2D eigenvalue weighted by molar-refractivity contribution is -0.185. The van der Waals surface area contributed by atoms with Crippen LogP contribution in [0.2, 0.25) is 11.3 Å². The molecular weight excluding hydrogens is 803 g/mol. The fourth-order valence-corrected chi connectivity index (χ4v) is 12.2. The first-order valence-corrected chi connectivity index (χ1v) is 23.2. The van der Waals surface area contributed by atoms with Crippen LogP contribution in [0.4, 0.5) is 5.69 Å². The van der Waals surface area contributed by atoms with E-state index in [2.05, 4.69) is 22.1 Å². The monoisotopic (exact) mass is 863 g/mol. The summed E-state index contributed by atoms with van der Waals surface area (Å²) < 4.78 is 6.62. The summed E-state index contributed by atoms with van der Waals surface area (Å²) in [5.74, 6) is 0.751. The van der Waals surface area contributed by atoms with Crippen molar-refractivity contribution < 1.29 is 29.3 Å². The third kappa shape index (κ3) is 7.80. The molecule has 3 saturated heterocycles. The molecule has 14 heteroatoms. The number of phenolic OH excluding ortho intramolecular Hbond substituents is 1. The summed E-state index contributed by atoms with van der Waals surface area (Å²) in [4.78, 5) is 48.0. The molecular formula is C48H61BClN6O6. The quantitative estimate of drug-likeness (QED) is 0.177. The van der Waals surface area contributed by atoms with E-state index in [9.17, 15) is 24.6 Å². The number of halogens is 1. The molecule has 4 heterocycles. The van der Waals surface area contributed by atoms with Gasteiger partial charge in [-0.2, -0.15) is 0 Å². The molecule has 4 aliphatic heterocycles. The zero-order valence-corrected chi connectivity index (χ0v) is 36.9. The fourth-order valence-electron chi connectivity index (χ4n) is 12.1. The second kappa shape index (κ2) is 17.4. The first-order valence-electron chi connectivity index (χ1n) is 22.8. The first-order chi connectivity index (χ1) is 29.9. The van der Waals surface area contributed by atoms with Crippen molar-refractivity contribution in [1.82, 2.24) is 19.9 Å². The summed E-state index contributed by atoms with van der Waals surface area (Å²) in [6, 6.07) is 17.1. The zero-order valence-electron chi connectivity index (χ0n) is 36.2. The molecule has 1 radical (unpaired) electrons. The Bertz CT molecular complexity index is 2180. The number of nitrogens with one attached hydrogen (secondary N) is 1. The summed E-state index contributed by atoms with van der Waals surface area (Å²) in [5, 5.41) is 27.6. The number of hydrogen-bond donors (Lipinski definition) is 4. The van der Waals surface area contributed by atoms with Gasteiger partial charge in [-0.25, -0.2) is 0 Å². The molecule has 4 fully saturated rings. The maximum atomic E-state index is 14.3. The standard InChI is InChI=1S/C48H61BClN6O6/c1-30-4-10-36(28-37(30)50)56(20-3-19-54-21-13-32(14-22-54)26-31-5-7-33(8-6-31)45(51)59)46(60)34-15-23-55(24-16-34)41(58)29-49-52-38-12-17-48(61)40-27-35-9-11-39(57)43-42(35)47(48,44(38)62-43)18-25-53(40)2/h4-11,28,32,34,38,40,44,52,57,61H,3,12-27,29H2,1-2H3,(H2,51,59)/t38?,40?,44-,47-,48+/m0/s1. The number of aryl methyl sites for hydroxylation is 1. The molecule has 3 aromatic carbocycles. The molecule has 2 unspecified atom stereocenters. The number of primary amides is 1. The van der Waals surface area contributed by atoms with Crippen molar-refractivity contribution in [3.63, 3.8) is 0 Å². The highest BCUT2D eigenvalue weighted by Gasteiger charge is 2.72. The molecule has 1 spiro atoms. The van der Waals surface area contributed by atoms with E-state index < -0.39 is 16.9 Å². The van der Waals surface area contributed by atoms with Gasteiger partial charge in [-0.15, -0.1) is 0 Å². The number of benzene rings is 3. The third-order valence-electron chi connectivity index (χ3n) is 15.6. The normalized spacial score (nSPS) is 27.4. The maximum Gasteiger partial charge on any atom is 0.248 e. The summed E-state index contributed by atoms with van der Waals surface area (Å²) in [6.07, 6.45) is 7.88. The van der Waals surface area contributed by atoms with Crippen LogP contribution in [-0.4, -0.2) is 127 Å². The van der Waals surface area contributed by atoms with Gasteiger partial charge in [0, 0.05) is 65.8 Å². The Kier molecular flexibility index (Phi) is 12.1. The average molecular weight is 864 g/mol. The van der Waals surface area contributed by atoms with Crippen molar-refractivity contribution in [3.8, 4) is 11.5 Å². The topological polar surface area (TPSA) is 152 Å². The third-order valence-corrected chi connectivity index (χ3v) is 16.0. The number of hydrogen-bond acceptors (Lipinski definition) is 9. The Labute approximate surface area is 371 Å². The second-order valence-electron chi connectivity index (χ2n) is 19.0. The van der Waals surface area contributed by atoms with Crippen LogP contribution in [0.3, 0.4) is 0 Å². The van der Waals surface area contributed by atoms with Crippen LogP contribution in [0.1, 0.15) is 84.0 Å². The number of amides is 3. The number of aliphatic hydroxyl groups is 1. The van der Waals surface area contributed by atoms with Crippen LogP contribution in [0.25, 0.3) is 0 Å². The average Bonchev–Trinajstić information content (AvgIpc) is 3.63. The van der Waals surface area contributed by atoms with Gasteiger partial charge in [0.05, 0.1) is 11.0 Å². The Hall–Kier alpha value is -4.14. The molecule has 6 aliphatic rings. The number of likely N-dealkylation sites (N-methyl/N-ethyl adjacent to an activating group) is 1. The van der Waals surface area contributed by atoms with Crippen molar-refractivity contribution in [2.45, 2.75) is 107 Å². The van der Waals surface area contributed by atoms with Crippen molar-refractivity contribution in [2.75, 3.05) is 57.8 Å². The van der Waals surface area contributed by atoms with Gasteiger partial charge in [-0.1, -0.05) is 35.9 Å². The van der Waals surface area contributed by atoms with Crippen LogP contribution < -0.4 is 20.6 Å². The molecule has 1 saturated carbocycles. The lowest BCUT2D eigenvalue weighted by Crippen LogP contribution is -2.77. The van der Waals surface area contributed by atoms with Crippen LogP contribution in [0, 0.1) is 18.8 Å². The van der Waals surface area contributed by atoms with Gasteiger partial charge in [-0.3, -0.25) is 14.4 Å². The predicted molar refractivity (Wildman–Crippen MR) is 241 cm³/mol. The SMILES string of the molecule is Cc1ccc(N(CCCN2CCC(Cc3ccc(C(N)=O)cc3)CC2)C(=O)C2CCN(C(=O)C[B]NC3CC[C@@]4(O)C5Cc6ccc(O)c7c6[C@@]4(CCN5C)[C@H]3O7)CC2)cc1Cl. The van der Waals surface area contributed by atoms with Gasteiger partial charge in [0.25, 0.3) is 0 Å². The van der Waals surface area contributed by atoms with E-state index in [4.69, 9.17) is 22.1 Å². The Morgan fingerprint density at radius 3 is 2.47 bits per heavy atom. The van der Waals surface area contributed by atoms with Gasteiger partial charge in [0.15, 0.2) is 11.5 Å². The lowest BCUT2D eigenvalue weighted by Gasteiger charge is -2.63. The molecule has 3 aromatic rings. The van der Waals surface area contributed by atoms with Gasteiger partial charge in [-0.05, 0) is 157 Å². The predicted octanol–water partition coefficient (Wildman–Crippen LogP) is 4.85. The minimum atomic E-state index is -0.961. The highest BCUT2D eigenvalue weighted by atomic mass is 35.5. The van der Waals surface area contributed by atoms with E-state index in [1.165, 1.54) is 5.56 Å². The van der Waals surface area contributed by atoms with E-state index in [1.54, 1.807) is 6.07 Å². The first kappa shape index (κ1) is 43.1. The number of nitrogens with zero attached hydrogens (tertiary/aromatic N) is 4. The molecule has 62 heavy (non-hydrogen) atoms. The van der Waals surface area contributed by atoms with Crippen LogP contribution in [0.15, 0.2) is 54.6 Å². The smallest absolute Gasteiger partial charge is 0.248 e. The molecule has 5 N–H and O–H groups in total. The van der Waals surface area contributed by atoms with Crippen LogP contribution in [-0.2, 0) is 27.8 Å². The van der Waals surface area contributed by atoms with Gasteiger partial charge in [0.2, 0.25) is 25.1 Å². The number of ether oxygens (including phenoxy) is 1. The number of nitrogens with two attached hydrogens (primary N) is 1. The number of likely N-dealkylation sites (tertiary alicyclic amines) is 3. The van der Waals surface area contributed by atoms with Crippen LogP contribution >= 0.6 is 11.6 Å². The summed E-state index contributed by atoms with van der Waals surface area (Å²) >= 11 is 6.60. The van der Waals surface area contributed by atoms with E-state index in [0.29, 0.717) is 67.6 Å².